The molecular weight excluding hydrogens is 218 g/mol. The smallest absolute Gasteiger partial charge is 0.323 e. The molecule has 1 aromatic rings. The zero-order valence-corrected chi connectivity index (χ0v) is 10.4. The second-order valence-corrected chi connectivity index (χ2v) is 4.15. The Balaban J connectivity index is 2.66. The Morgan fingerprint density at radius 1 is 1.41 bits per heavy atom. The van der Waals surface area contributed by atoms with Crippen LogP contribution in [0.3, 0.4) is 0 Å². The van der Waals surface area contributed by atoms with Crippen LogP contribution in [-0.2, 0) is 9.53 Å². The number of carbonyl (C=O) groups is 1. The molecule has 1 rings (SSSR count). The normalized spacial score (nSPS) is 14.3. The van der Waals surface area contributed by atoms with Gasteiger partial charge in [-0.2, -0.15) is 0 Å². The maximum Gasteiger partial charge on any atom is 0.323 e. The molecule has 0 amide bonds. The van der Waals surface area contributed by atoms with Gasteiger partial charge in [-0.05, 0) is 19.4 Å². The van der Waals surface area contributed by atoms with Gasteiger partial charge in [-0.15, -0.1) is 0 Å². The molecule has 0 bridgehead atoms. The number of aryl methyl sites for hydroxylation is 1. The number of benzene rings is 1. The monoisotopic (exact) mass is 237 g/mol. The molecule has 4 nitrogen and oxygen atoms in total. The predicted molar refractivity (Wildman–Crippen MR) is 66.0 cm³/mol. The van der Waals surface area contributed by atoms with Crippen molar-refractivity contribution >= 4 is 5.97 Å². The summed E-state index contributed by atoms with van der Waals surface area (Å²) in [6, 6.07) is 7.32. The van der Waals surface area contributed by atoms with Crippen molar-refractivity contribution < 1.29 is 14.6 Å². The van der Waals surface area contributed by atoms with Crippen LogP contribution in [0.2, 0.25) is 0 Å². The molecule has 0 radical (unpaired) electrons. The molecule has 1 aromatic carbocycles. The van der Waals surface area contributed by atoms with Crippen LogP contribution in [0.1, 0.15) is 24.1 Å². The number of carboxylic acids is 1. The molecule has 0 saturated heterocycles. The van der Waals surface area contributed by atoms with Crippen molar-refractivity contribution in [3.8, 4) is 0 Å². The summed E-state index contributed by atoms with van der Waals surface area (Å²) in [6.07, 6.45) is 0. The summed E-state index contributed by atoms with van der Waals surface area (Å²) >= 11 is 0. The van der Waals surface area contributed by atoms with Crippen LogP contribution < -0.4 is 5.32 Å². The number of methoxy groups -OCH3 is 1. The maximum absolute atomic E-state index is 11.0. The lowest BCUT2D eigenvalue weighted by Crippen LogP contribution is -2.41. The first-order chi connectivity index (χ1) is 8.04. The van der Waals surface area contributed by atoms with E-state index >= 15 is 0 Å². The van der Waals surface area contributed by atoms with E-state index in [0.29, 0.717) is 0 Å². The molecule has 4 heteroatoms. The van der Waals surface area contributed by atoms with Crippen LogP contribution in [0.25, 0.3) is 0 Å². The molecule has 0 aliphatic carbocycles. The van der Waals surface area contributed by atoms with Gasteiger partial charge in [0.1, 0.15) is 6.04 Å². The van der Waals surface area contributed by atoms with Gasteiger partial charge in [0, 0.05) is 13.2 Å². The Kier molecular flexibility index (Phi) is 5.12. The highest BCUT2D eigenvalue weighted by Crippen LogP contribution is 2.13. The lowest BCUT2D eigenvalue weighted by atomic mass is 10.1. The Hall–Kier alpha value is -1.39. The van der Waals surface area contributed by atoms with Gasteiger partial charge < -0.3 is 9.84 Å². The van der Waals surface area contributed by atoms with Gasteiger partial charge in [-0.3, -0.25) is 10.1 Å². The molecule has 0 aliphatic heterocycles. The number of ether oxygens (including phenoxy) is 1. The minimum atomic E-state index is -0.897. The average molecular weight is 237 g/mol. The first kappa shape index (κ1) is 13.7. The van der Waals surface area contributed by atoms with Gasteiger partial charge in [0.25, 0.3) is 0 Å². The molecule has 2 atom stereocenters. The van der Waals surface area contributed by atoms with E-state index in [9.17, 15) is 4.79 Å². The molecule has 0 fully saturated rings. The molecule has 0 saturated carbocycles. The highest BCUT2D eigenvalue weighted by Gasteiger charge is 2.19. The van der Waals surface area contributed by atoms with E-state index in [4.69, 9.17) is 9.84 Å². The molecule has 2 N–H and O–H groups in total. The van der Waals surface area contributed by atoms with Crippen LogP contribution in [0, 0.1) is 6.92 Å². The van der Waals surface area contributed by atoms with Gasteiger partial charge in [-0.1, -0.05) is 29.8 Å². The molecule has 94 valence electrons. The van der Waals surface area contributed by atoms with E-state index in [0.717, 1.165) is 5.56 Å². The molecule has 0 aliphatic rings. The molecule has 1 unspecified atom stereocenters. The molecule has 17 heavy (non-hydrogen) atoms. The third kappa shape index (κ3) is 4.17. The number of carboxylic acid groups (broad SMARTS) is 1. The SMILES string of the molecule is COCC(N[C@@H](C)c1ccc(C)cc1)C(=O)O. The summed E-state index contributed by atoms with van der Waals surface area (Å²) < 4.78 is 4.88. The van der Waals surface area contributed by atoms with E-state index in [2.05, 4.69) is 5.32 Å². The summed E-state index contributed by atoms with van der Waals surface area (Å²) in [5.41, 5.74) is 2.26. The fraction of sp³-hybridized carbons (Fsp3) is 0.462. The average Bonchev–Trinajstić information content (AvgIpc) is 2.29. The molecule has 0 heterocycles. The number of nitrogens with one attached hydrogen (secondary N) is 1. The molecule has 0 spiro atoms. The highest BCUT2D eigenvalue weighted by molar-refractivity contribution is 5.73. The van der Waals surface area contributed by atoms with Crippen molar-refractivity contribution in [3.05, 3.63) is 35.4 Å². The third-order valence-corrected chi connectivity index (χ3v) is 2.66. The Morgan fingerprint density at radius 2 is 2.00 bits per heavy atom. The summed E-state index contributed by atoms with van der Waals surface area (Å²) in [5, 5.41) is 12.0. The maximum atomic E-state index is 11.0. The van der Waals surface area contributed by atoms with E-state index in [1.54, 1.807) is 0 Å². The van der Waals surface area contributed by atoms with Crippen LogP contribution in [0.5, 0.6) is 0 Å². The quantitative estimate of drug-likeness (QED) is 0.791. The zero-order chi connectivity index (χ0) is 12.8. The van der Waals surface area contributed by atoms with Crippen LogP contribution >= 0.6 is 0 Å². The number of hydrogen-bond acceptors (Lipinski definition) is 3. The van der Waals surface area contributed by atoms with E-state index in [-0.39, 0.29) is 12.6 Å². The number of aliphatic carboxylic acids is 1. The number of hydrogen-bond donors (Lipinski definition) is 2. The molecular formula is C13H19NO3. The van der Waals surface area contributed by atoms with Crippen molar-refractivity contribution in [1.82, 2.24) is 5.32 Å². The number of rotatable bonds is 6. The third-order valence-electron chi connectivity index (χ3n) is 2.66. The lowest BCUT2D eigenvalue weighted by molar-refractivity contribution is -0.141. The minimum absolute atomic E-state index is 0.0214. The van der Waals surface area contributed by atoms with E-state index in [1.807, 2.05) is 38.1 Å². The Labute approximate surface area is 102 Å². The van der Waals surface area contributed by atoms with Crippen LogP contribution in [-0.4, -0.2) is 30.8 Å². The van der Waals surface area contributed by atoms with Crippen LogP contribution in [0.4, 0.5) is 0 Å². The second kappa shape index (κ2) is 6.37. The fourth-order valence-electron chi connectivity index (χ4n) is 1.61. The van der Waals surface area contributed by atoms with Gasteiger partial charge in [0.05, 0.1) is 6.61 Å². The largest absolute Gasteiger partial charge is 0.480 e. The summed E-state index contributed by atoms with van der Waals surface area (Å²) in [5.74, 6) is -0.897. The van der Waals surface area contributed by atoms with Crippen molar-refractivity contribution in [1.29, 1.82) is 0 Å². The van der Waals surface area contributed by atoms with Crippen molar-refractivity contribution in [2.45, 2.75) is 25.9 Å². The lowest BCUT2D eigenvalue weighted by Gasteiger charge is -2.20. The Morgan fingerprint density at radius 3 is 2.47 bits per heavy atom. The topological polar surface area (TPSA) is 58.6 Å². The highest BCUT2D eigenvalue weighted by atomic mass is 16.5. The predicted octanol–water partition coefficient (Wildman–Crippen LogP) is 1.75. The zero-order valence-electron chi connectivity index (χ0n) is 10.4. The van der Waals surface area contributed by atoms with E-state index in [1.165, 1.54) is 12.7 Å². The van der Waals surface area contributed by atoms with Gasteiger partial charge in [0.2, 0.25) is 0 Å². The van der Waals surface area contributed by atoms with E-state index < -0.39 is 12.0 Å². The van der Waals surface area contributed by atoms with Gasteiger partial charge >= 0.3 is 5.97 Å². The standard InChI is InChI=1S/C13H19NO3/c1-9-4-6-11(7-5-9)10(2)14-12(8-17-3)13(15)16/h4-7,10,12,14H,8H2,1-3H3,(H,15,16)/t10-,12?/m0/s1. The summed E-state index contributed by atoms with van der Waals surface area (Å²) in [4.78, 5) is 11.0. The van der Waals surface area contributed by atoms with Crippen molar-refractivity contribution in [2.75, 3.05) is 13.7 Å². The Bertz CT molecular complexity index is 361. The van der Waals surface area contributed by atoms with Crippen LogP contribution in [0.15, 0.2) is 24.3 Å². The fourth-order valence-corrected chi connectivity index (χ4v) is 1.61. The second-order valence-electron chi connectivity index (χ2n) is 4.15. The van der Waals surface area contributed by atoms with Gasteiger partial charge in [0.15, 0.2) is 0 Å². The van der Waals surface area contributed by atoms with Gasteiger partial charge in [-0.25, -0.2) is 0 Å². The summed E-state index contributed by atoms with van der Waals surface area (Å²) in [7, 11) is 1.49. The van der Waals surface area contributed by atoms with Crippen molar-refractivity contribution in [2.24, 2.45) is 0 Å². The molecule has 0 aromatic heterocycles. The van der Waals surface area contributed by atoms with Crippen molar-refractivity contribution in [3.63, 3.8) is 0 Å². The first-order valence-electron chi connectivity index (χ1n) is 5.59. The minimum Gasteiger partial charge on any atom is -0.480 e. The first-order valence-corrected chi connectivity index (χ1v) is 5.59. The summed E-state index contributed by atoms with van der Waals surface area (Å²) in [6.45, 7) is 4.12.